The molecule has 1 saturated heterocycles. The van der Waals surface area contributed by atoms with Gasteiger partial charge in [-0.15, -0.1) is 0 Å². The highest BCUT2D eigenvalue weighted by Gasteiger charge is 2.27. The Morgan fingerprint density at radius 3 is 2.41 bits per heavy atom. The smallest absolute Gasteiger partial charge is 0.247 e. The van der Waals surface area contributed by atoms with Gasteiger partial charge in [0.2, 0.25) is 21.8 Å². The van der Waals surface area contributed by atoms with Crippen LogP contribution in [0, 0.1) is 13.8 Å². The van der Waals surface area contributed by atoms with Crippen LogP contribution in [0.1, 0.15) is 43.6 Å². The van der Waals surface area contributed by atoms with Crippen molar-refractivity contribution >= 4 is 21.8 Å². The summed E-state index contributed by atoms with van der Waals surface area (Å²) in [5.74, 6) is -0.304. The molecule has 27 heavy (non-hydrogen) atoms. The third-order valence-electron chi connectivity index (χ3n) is 4.75. The molecule has 1 atom stereocenters. The van der Waals surface area contributed by atoms with E-state index in [1.54, 1.807) is 14.5 Å². The predicted molar refractivity (Wildman–Crippen MR) is 101 cm³/mol. The fourth-order valence-electron chi connectivity index (χ4n) is 3.38. The lowest BCUT2D eigenvalue weighted by Gasteiger charge is -2.25. The van der Waals surface area contributed by atoms with Crippen LogP contribution < -0.4 is 5.14 Å². The number of hydrogen-bond acceptors (Lipinski definition) is 5. The summed E-state index contributed by atoms with van der Waals surface area (Å²) in [6.45, 7) is 7.71. The third-order valence-corrected chi connectivity index (χ3v) is 5.61. The predicted octanol–water partition coefficient (Wildman–Crippen LogP) is 0.191. The number of hydrogen-bond donors (Lipinski definition) is 1. The van der Waals surface area contributed by atoms with Crippen LogP contribution >= 0.6 is 0 Å². The Kier molecular flexibility index (Phi) is 6.99. The van der Waals surface area contributed by atoms with Gasteiger partial charge in [-0.25, -0.2) is 13.6 Å². The largest absolute Gasteiger partial charge is 0.341 e. The number of carbonyl (C=O) groups excluding carboxylic acids is 2. The summed E-state index contributed by atoms with van der Waals surface area (Å²) in [4.78, 5) is 28.6. The van der Waals surface area contributed by atoms with Crippen molar-refractivity contribution in [2.45, 2.75) is 46.1 Å². The van der Waals surface area contributed by atoms with E-state index in [0.717, 1.165) is 11.4 Å². The maximum atomic E-state index is 12.9. The van der Waals surface area contributed by atoms with Crippen LogP contribution in [-0.4, -0.2) is 71.7 Å². The van der Waals surface area contributed by atoms with Gasteiger partial charge in [0.05, 0.1) is 11.4 Å². The molecule has 1 unspecified atom stereocenters. The van der Waals surface area contributed by atoms with Crippen molar-refractivity contribution in [3.05, 3.63) is 17.5 Å². The Labute approximate surface area is 160 Å². The van der Waals surface area contributed by atoms with Crippen LogP contribution in [0.3, 0.4) is 0 Å². The van der Waals surface area contributed by atoms with Crippen molar-refractivity contribution in [1.29, 1.82) is 0 Å². The zero-order valence-corrected chi connectivity index (χ0v) is 17.0. The molecule has 10 heteroatoms. The van der Waals surface area contributed by atoms with E-state index in [4.69, 9.17) is 5.14 Å². The molecule has 2 N–H and O–H groups in total. The molecule has 2 rings (SSSR count). The van der Waals surface area contributed by atoms with E-state index in [9.17, 15) is 18.0 Å². The minimum Gasteiger partial charge on any atom is -0.341 e. The molecule has 0 bridgehead atoms. The fraction of sp³-hybridized carbons (Fsp3) is 0.706. The molecule has 9 nitrogen and oxygen atoms in total. The normalized spacial score (nSPS) is 16.9. The number of primary sulfonamides is 1. The highest BCUT2D eigenvalue weighted by Crippen LogP contribution is 2.16. The summed E-state index contributed by atoms with van der Waals surface area (Å²) in [5.41, 5.74) is 1.81. The standard InChI is InChI=1S/C17H29N5O4S/c1-13-12-14(2)22(19-13)15(3)17(24)21-8-5-7-20(9-10-21)16(23)6-4-11-27(18,25)26/h12,15H,4-11H2,1-3H3,(H2,18,25,26). The summed E-state index contributed by atoms with van der Waals surface area (Å²) in [6.07, 6.45) is 1.05. The van der Waals surface area contributed by atoms with E-state index in [2.05, 4.69) is 5.10 Å². The molecule has 0 spiro atoms. The Bertz CT molecular complexity index is 789. The summed E-state index contributed by atoms with van der Waals surface area (Å²) in [5, 5.41) is 9.35. The van der Waals surface area contributed by atoms with Crippen molar-refractivity contribution in [2.24, 2.45) is 5.14 Å². The molecule has 1 aromatic rings. The molecular weight excluding hydrogens is 370 g/mol. The van der Waals surface area contributed by atoms with Crippen molar-refractivity contribution < 1.29 is 18.0 Å². The van der Waals surface area contributed by atoms with Crippen LogP contribution in [0.2, 0.25) is 0 Å². The second-order valence-electron chi connectivity index (χ2n) is 7.08. The minimum atomic E-state index is -3.55. The summed E-state index contributed by atoms with van der Waals surface area (Å²) in [7, 11) is -3.55. The van der Waals surface area contributed by atoms with E-state index in [1.165, 1.54) is 0 Å². The van der Waals surface area contributed by atoms with Gasteiger partial charge in [-0.2, -0.15) is 5.10 Å². The zero-order valence-electron chi connectivity index (χ0n) is 16.2. The van der Waals surface area contributed by atoms with Crippen molar-refractivity contribution in [3.8, 4) is 0 Å². The Hall–Kier alpha value is -1.94. The maximum Gasteiger partial charge on any atom is 0.247 e. The van der Waals surface area contributed by atoms with E-state index >= 15 is 0 Å². The first-order valence-corrected chi connectivity index (χ1v) is 10.9. The maximum absolute atomic E-state index is 12.9. The van der Waals surface area contributed by atoms with Gasteiger partial charge >= 0.3 is 0 Å². The zero-order chi connectivity index (χ0) is 20.2. The fourth-order valence-corrected chi connectivity index (χ4v) is 3.92. The second kappa shape index (κ2) is 8.83. The van der Waals surface area contributed by atoms with Gasteiger partial charge < -0.3 is 9.80 Å². The average Bonchev–Trinajstić information content (AvgIpc) is 2.78. The highest BCUT2D eigenvalue weighted by molar-refractivity contribution is 7.89. The van der Waals surface area contributed by atoms with E-state index in [1.807, 2.05) is 26.8 Å². The number of nitrogens with zero attached hydrogens (tertiary/aromatic N) is 4. The number of aromatic nitrogens is 2. The average molecular weight is 400 g/mol. The van der Waals surface area contributed by atoms with Gasteiger partial charge in [0.15, 0.2) is 0 Å². The number of aryl methyl sites for hydroxylation is 2. The van der Waals surface area contributed by atoms with Crippen LogP contribution in [0.5, 0.6) is 0 Å². The highest BCUT2D eigenvalue weighted by atomic mass is 32.2. The molecule has 2 amide bonds. The molecule has 0 saturated carbocycles. The Morgan fingerprint density at radius 2 is 1.81 bits per heavy atom. The lowest BCUT2D eigenvalue weighted by Crippen LogP contribution is -2.40. The molecule has 1 aliphatic heterocycles. The van der Waals surface area contributed by atoms with E-state index in [0.29, 0.717) is 32.6 Å². The summed E-state index contributed by atoms with van der Waals surface area (Å²) >= 11 is 0. The van der Waals surface area contributed by atoms with Gasteiger partial charge in [-0.1, -0.05) is 0 Å². The molecule has 152 valence electrons. The third kappa shape index (κ3) is 6.03. The molecule has 1 aliphatic rings. The molecule has 0 aliphatic carbocycles. The molecule has 0 aromatic carbocycles. The van der Waals surface area contributed by atoms with Crippen LogP contribution in [0.25, 0.3) is 0 Å². The second-order valence-corrected chi connectivity index (χ2v) is 8.81. The van der Waals surface area contributed by atoms with Gasteiger partial charge in [0.1, 0.15) is 6.04 Å². The van der Waals surface area contributed by atoms with Crippen LogP contribution in [0.15, 0.2) is 6.07 Å². The Balaban J connectivity index is 1.90. The van der Waals surface area contributed by atoms with Crippen molar-refractivity contribution in [2.75, 3.05) is 31.9 Å². The quantitative estimate of drug-likeness (QED) is 0.732. The Morgan fingerprint density at radius 1 is 1.19 bits per heavy atom. The first-order valence-electron chi connectivity index (χ1n) is 9.18. The van der Waals surface area contributed by atoms with Gasteiger partial charge in [0, 0.05) is 38.3 Å². The topological polar surface area (TPSA) is 119 Å². The monoisotopic (exact) mass is 399 g/mol. The molecule has 0 radical (unpaired) electrons. The first kappa shape index (κ1) is 21.4. The van der Waals surface area contributed by atoms with E-state index in [-0.39, 0.29) is 30.4 Å². The molecule has 1 fully saturated rings. The number of rotatable bonds is 6. The number of sulfonamides is 1. The van der Waals surface area contributed by atoms with Crippen molar-refractivity contribution in [1.82, 2.24) is 19.6 Å². The van der Waals surface area contributed by atoms with Gasteiger partial charge in [0.25, 0.3) is 0 Å². The molecule has 2 heterocycles. The lowest BCUT2D eigenvalue weighted by atomic mass is 10.2. The van der Waals surface area contributed by atoms with Gasteiger partial charge in [-0.05, 0) is 39.7 Å². The number of carbonyl (C=O) groups is 2. The summed E-state index contributed by atoms with van der Waals surface area (Å²) in [6, 6.07) is 1.55. The molecule has 1 aromatic heterocycles. The van der Waals surface area contributed by atoms with Crippen molar-refractivity contribution in [3.63, 3.8) is 0 Å². The number of nitrogens with two attached hydrogens (primary N) is 1. The van der Waals surface area contributed by atoms with Crippen LogP contribution in [0.4, 0.5) is 0 Å². The number of amides is 2. The molecular formula is C17H29N5O4S. The van der Waals surface area contributed by atoms with Gasteiger partial charge in [-0.3, -0.25) is 14.3 Å². The van der Waals surface area contributed by atoms with E-state index < -0.39 is 16.1 Å². The summed E-state index contributed by atoms with van der Waals surface area (Å²) < 4.78 is 23.7. The minimum absolute atomic E-state index is 0.00951. The lowest BCUT2D eigenvalue weighted by molar-refractivity contribution is -0.135. The SMILES string of the molecule is Cc1cc(C)n(C(C)C(=O)N2CCCN(C(=O)CCCS(N)(=O)=O)CC2)n1. The first-order chi connectivity index (χ1) is 12.6. The van der Waals surface area contributed by atoms with Crippen LogP contribution in [-0.2, 0) is 19.6 Å².